The molecule has 0 fully saturated rings. The zero-order valence-electron chi connectivity index (χ0n) is 8.41. The molecule has 16 heavy (non-hydrogen) atoms. The molecule has 0 aliphatic heterocycles. The molecule has 0 aromatic heterocycles. The van der Waals surface area contributed by atoms with Crippen LogP contribution in [0.15, 0.2) is 18.2 Å². The lowest BCUT2D eigenvalue weighted by Gasteiger charge is -2.19. The average molecular weight is 239 g/mol. The molecule has 6 heteroatoms. The minimum absolute atomic E-state index is 0.295. The van der Waals surface area contributed by atoms with Crippen molar-refractivity contribution in [2.24, 2.45) is 0 Å². The van der Waals surface area contributed by atoms with Gasteiger partial charge in [-0.05, 0) is 37.2 Å². The van der Waals surface area contributed by atoms with Gasteiger partial charge in [-0.3, -0.25) is 0 Å². The lowest BCUT2D eigenvalue weighted by Crippen LogP contribution is -2.42. The van der Waals surface area contributed by atoms with E-state index in [9.17, 15) is 22.0 Å². The van der Waals surface area contributed by atoms with Crippen LogP contribution < -0.4 is 5.32 Å². The Balaban J connectivity index is 2.90. The number of alkyl halides is 3. The first-order chi connectivity index (χ1) is 7.34. The summed E-state index contributed by atoms with van der Waals surface area (Å²) in [5, 5.41) is 2.02. The van der Waals surface area contributed by atoms with Gasteiger partial charge < -0.3 is 5.32 Å². The second-order valence-corrected chi connectivity index (χ2v) is 3.32. The van der Waals surface area contributed by atoms with Gasteiger partial charge in [0.1, 0.15) is 17.7 Å². The fourth-order valence-electron chi connectivity index (χ4n) is 1.30. The summed E-state index contributed by atoms with van der Waals surface area (Å²) in [7, 11) is 1.12. The van der Waals surface area contributed by atoms with Crippen LogP contribution in [0.25, 0.3) is 0 Å². The Morgan fingerprint density at radius 3 is 2.38 bits per heavy atom. The first kappa shape index (κ1) is 12.9. The highest BCUT2D eigenvalue weighted by atomic mass is 19.4. The Kier molecular flexibility index (Phi) is 3.85. The van der Waals surface area contributed by atoms with Gasteiger partial charge in [0.2, 0.25) is 0 Å². The SMILES string of the molecule is CNC(Cc1cc(F)ccc1F)C(F)(F)F. The molecule has 1 nitrogen and oxygen atoms in total. The summed E-state index contributed by atoms with van der Waals surface area (Å²) < 4.78 is 62.9. The molecule has 1 atom stereocenters. The minimum Gasteiger partial charge on any atom is -0.309 e. The van der Waals surface area contributed by atoms with Crippen LogP contribution in [-0.2, 0) is 6.42 Å². The Bertz CT molecular complexity index is 361. The van der Waals surface area contributed by atoms with Crippen LogP contribution in [0.5, 0.6) is 0 Å². The Morgan fingerprint density at radius 1 is 1.25 bits per heavy atom. The molecule has 0 bridgehead atoms. The average Bonchev–Trinajstić information content (AvgIpc) is 2.17. The van der Waals surface area contributed by atoms with Crippen molar-refractivity contribution in [1.29, 1.82) is 0 Å². The molecular formula is C10H10F5N. The topological polar surface area (TPSA) is 12.0 Å². The summed E-state index contributed by atoms with van der Waals surface area (Å²) in [6, 6.07) is 0.559. The number of rotatable bonds is 3. The molecule has 0 amide bonds. The molecule has 0 spiro atoms. The molecule has 0 radical (unpaired) electrons. The molecule has 0 aliphatic carbocycles. The van der Waals surface area contributed by atoms with E-state index in [1.165, 1.54) is 0 Å². The van der Waals surface area contributed by atoms with Gasteiger partial charge >= 0.3 is 6.18 Å². The quantitative estimate of drug-likeness (QED) is 0.799. The Hall–Kier alpha value is -1.17. The predicted molar refractivity (Wildman–Crippen MR) is 49.0 cm³/mol. The second kappa shape index (κ2) is 4.78. The van der Waals surface area contributed by atoms with E-state index in [0.29, 0.717) is 0 Å². The third-order valence-electron chi connectivity index (χ3n) is 2.18. The van der Waals surface area contributed by atoms with Crippen molar-refractivity contribution < 1.29 is 22.0 Å². The van der Waals surface area contributed by atoms with Gasteiger partial charge in [-0.15, -0.1) is 0 Å². The zero-order chi connectivity index (χ0) is 12.3. The lowest BCUT2D eigenvalue weighted by atomic mass is 10.0. The van der Waals surface area contributed by atoms with Gasteiger partial charge in [0.15, 0.2) is 0 Å². The van der Waals surface area contributed by atoms with E-state index in [1.54, 1.807) is 0 Å². The summed E-state index contributed by atoms with van der Waals surface area (Å²) in [6.45, 7) is 0. The highest BCUT2D eigenvalue weighted by Gasteiger charge is 2.38. The first-order valence-electron chi connectivity index (χ1n) is 4.52. The highest BCUT2D eigenvalue weighted by molar-refractivity contribution is 5.20. The van der Waals surface area contributed by atoms with Gasteiger partial charge in [0, 0.05) is 0 Å². The van der Waals surface area contributed by atoms with Crippen molar-refractivity contribution in [3.05, 3.63) is 35.4 Å². The van der Waals surface area contributed by atoms with Gasteiger partial charge in [-0.25, -0.2) is 8.78 Å². The van der Waals surface area contributed by atoms with Crippen molar-refractivity contribution in [1.82, 2.24) is 5.32 Å². The summed E-state index contributed by atoms with van der Waals surface area (Å²) in [4.78, 5) is 0. The predicted octanol–water partition coefficient (Wildman–Crippen LogP) is 2.66. The van der Waals surface area contributed by atoms with Crippen LogP contribution in [0.1, 0.15) is 5.56 Å². The van der Waals surface area contributed by atoms with Gasteiger partial charge in [0.05, 0.1) is 0 Å². The summed E-state index contributed by atoms with van der Waals surface area (Å²) in [6.07, 6.45) is -5.13. The van der Waals surface area contributed by atoms with Crippen molar-refractivity contribution >= 4 is 0 Å². The van der Waals surface area contributed by atoms with E-state index in [-0.39, 0.29) is 5.56 Å². The maximum atomic E-state index is 13.1. The minimum atomic E-state index is -4.49. The zero-order valence-corrected chi connectivity index (χ0v) is 8.41. The summed E-state index contributed by atoms with van der Waals surface area (Å²) >= 11 is 0. The number of nitrogens with one attached hydrogen (secondary N) is 1. The molecule has 1 N–H and O–H groups in total. The number of hydrogen-bond acceptors (Lipinski definition) is 1. The fourth-order valence-corrected chi connectivity index (χ4v) is 1.30. The van der Waals surface area contributed by atoms with Crippen molar-refractivity contribution in [2.45, 2.75) is 18.6 Å². The molecule has 1 aromatic carbocycles. The Morgan fingerprint density at radius 2 is 1.88 bits per heavy atom. The summed E-state index contributed by atoms with van der Waals surface area (Å²) in [5.74, 6) is -1.60. The molecule has 0 aliphatic rings. The van der Waals surface area contributed by atoms with Crippen molar-refractivity contribution in [2.75, 3.05) is 7.05 Å². The van der Waals surface area contributed by atoms with Crippen LogP contribution >= 0.6 is 0 Å². The van der Waals surface area contributed by atoms with Crippen molar-refractivity contribution in [3.63, 3.8) is 0 Å². The maximum absolute atomic E-state index is 13.1. The number of benzene rings is 1. The van der Waals surface area contributed by atoms with E-state index in [4.69, 9.17) is 0 Å². The van der Waals surface area contributed by atoms with Crippen LogP contribution in [0.4, 0.5) is 22.0 Å². The monoisotopic (exact) mass is 239 g/mol. The molecule has 1 aromatic rings. The van der Waals surface area contributed by atoms with Gasteiger partial charge in [-0.1, -0.05) is 0 Å². The van der Waals surface area contributed by atoms with Gasteiger partial charge in [-0.2, -0.15) is 13.2 Å². The van der Waals surface area contributed by atoms with Crippen LogP contribution in [0.2, 0.25) is 0 Å². The van der Waals surface area contributed by atoms with E-state index < -0.39 is 30.3 Å². The normalized spacial score (nSPS) is 13.9. The molecular weight excluding hydrogens is 229 g/mol. The molecule has 0 saturated carbocycles. The summed E-state index contributed by atoms with van der Waals surface area (Å²) in [5.41, 5.74) is -0.295. The number of likely N-dealkylation sites (N-methyl/N-ethyl adjacent to an activating group) is 1. The molecule has 0 heterocycles. The van der Waals surface area contributed by atoms with Crippen LogP contribution in [0.3, 0.4) is 0 Å². The maximum Gasteiger partial charge on any atom is 0.404 e. The molecule has 0 saturated heterocycles. The second-order valence-electron chi connectivity index (χ2n) is 3.32. The third kappa shape index (κ3) is 3.16. The first-order valence-corrected chi connectivity index (χ1v) is 4.52. The largest absolute Gasteiger partial charge is 0.404 e. The van der Waals surface area contributed by atoms with Crippen LogP contribution in [0, 0.1) is 11.6 Å². The number of halogens is 5. The molecule has 90 valence electrons. The smallest absolute Gasteiger partial charge is 0.309 e. The Labute approximate surface area is 89.3 Å². The van der Waals surface area contributed by atoms with Gasteiger partial charge in [0.25, 0.3) is 0 Å². The van der Waals surface area contributed by atoms with E-state index in [2.05, 4.69) is 0 Å². The van der Waals surface area contributed by atoms with E-state index in [1.807, 2.05) is 5.32 Å². The van der Waals surface area contributed by atoms with Crippen molar-refractivity contribution in [3.8, 4) is 0 Å². The van der Waals surface area contributed by atoms with E-state index in [0.717, 1.165) is 25.2 Å². The number of hydrogen-bond donors (Lipinski definition) is 1. The highest BCUT2D eigenvalue weighted by Crippen LogP contribution is 2.24. The molecule has 1 unspecified atom stereocenters. The lowest BCUT2D eigenvalue weighted by molar-refractivity contribution is -0.154. The molecule has 1 rings (SSSR count). The third-order valence-corrected chi connectivity index (χ3v) is 2.18. The standard InChI is InChI=1S/C10H10F5N/c1-16-9(10(13,14)15)5-6-4-7(11)2-3-8(6)12/h2-4,9,16H,5H2,1H3. The van der Waals surface area contributed by atoms with E-state index >= 15 is 0 Å². The fraction of sp³-hybridized carbons (Fsp3) is 0.400. The van der Waals surface area contributed by atoms with Crippen LogP contribution in [-0.4, -0.2) is 19.3 Å².